The second kappa shape index (κ2) is 14.7. The number of amides is 2. The van der Waals surface area contributed by atoms with E-state index in [2.05, 4.69) is 5.32 Å². The van der Waals surface area contributed by atoms with Gasteiger partial charge in [-0.05, 0) is 48.2 Å². The van der Waals surface area contributed by atoms with Crippen LogP contribution in [0.4, 0.5) is 5.69 Å². The molecule has 0 fully saturated rings. The first-order chi connectivity index (χ1) is 19.8. The Bertz CT molecular complexity index is 1530. The van der Waals surface area contributed by atoms with Crippen molar-refractivity contribution in [2.24, 2.45) is 5.92 Å². The fourth-order valence-electron chi connectivity index (χ4n) is 4.30. The van der Waals surface area contributed by atoms with E-state index >= 15 is 0 Å². The van der Waals surface area contributed by atoms with Crippen molar-refractivity contribution < 1.29 is 22.8 Å². The maximum atomic E-state index is 14.2. The zero-order valence-electron chi connectivity index (χ0n) is 24.0. The number of benzene rings is 3. The summed E-state index contributed by atoms with van der Waals surface area (Å²) in [4.78, 5) is 41.2. The quantitative estimate of drug-likeness (QED) is 0.255. The summed E-state index contributed by atoms with van der Waals surface area (Å²) in [7, 11) is -3.97. The molecule has 0 bridgehead atoms. The van der Waals surface area contributed by atoms with Crippen molar-refractivity contribution in [1.29, 1.82) is 0 Å². The van der Waals surface area contributed by atoms with Gasteiger partial charge in [-0.25, -0.2) is 8.42 Å². The van der Waals surface area contributed by atoms with Crippen LogP contribution in [0.1, 0.15) is 42.3 Å². The van der Waals surface area contributed by atoms with Gasteiger partial charge in [0.15, 0.2) is 5.78 Å². The van der Waals surface area contributed by atoms with E-state index in [1.165, 1.54) is 24.0 Å². The summed E-state index contributed by atoms with van der Waals surface area (Å²) in [5, 5.41) is 3.64. The first kappa shape index (κ1) is 33.1. The van der Waals surface area contributed by atoms with E-state index < -0.39 is 28.5 Å². The van der Waals surface area contributed by atoms with Crippen LogP contribution in [0.5, 0.6) is 0 Å². The van der Waals surface area contributed by atoms with Gasteiger partial charge in [-0.15, -0.1) is 0 Å². The van der Waals surface area contributed by atoms with Crippen LogP contribution in [-0.2, 0) is 32.6 Å². The number of rotatable bonds is 13. The Hall–Kier alpha value is -3.40. The molecule has 11 heteroatoms. The van der Waals surface area contributed by atoms with Crippen LogP contribution < -0.4 is 9.62 Å². The number of sulfonamides is 1. The molecule has 224 valence electrons. The molecule has 3 aromatic carbocycles. The molecule has 0 saturated carbocycles. The number of ketones is 1. The smallest absolute Gasteiger partial charge is 0.244 e. The molecule has 3 rings (SSSR count). The molecule has 0 aliphatic carbocycles. The molecule has 2 amide bonds. The maximum Gasteiger partial charge on any atom is 0.244 e. The summed E-state index contributed by atoms with van der Waals surface area (Å²) in [6.45, 7) is 5.00. The van der Waals surface area contributed by atoms with E-state index in [0.717, 1.165) is 16.1 Å². The Kier molecular flexibility index (Phi) is 11.6. The zero-order valence-corrected chi connectivity index (χ0v) is 26.3. The largest absolute Gasteiger partial charge is 0.354 e. The number of anilines is 1. The molecular weight excluding hydrogens is 597 g/mol. The summed E-state index contributed by atoms with van der Waals surface area (Å²) >= 11 is 12.6. The molecule has 1 atom stereocenters. The van der Waals surface area contributed by atoms with Gasteiger partial charge in [0.25, 0.3) is 0 Å². The SMILES string of the molecule is CC(=O)c1cccc(N(CC(=O)N(Cc2ccc(Cl)cc2Cl)[C@H](Cc2ccccc2)C(=O)NCC(C)C)S(C)(=O)=O)c1. The highest BCUT2D eigenvalue weighted by molar-refractivity contribution is 7.92. The lowest BCUT2D eigenvalue weighted by Gasteiger charge is -2.34. The minimum Gasteiger partial charge on any atom is -0.354 e. The van der Waals surface area contributed by atoms with Gasteiger partial charge in [-0.1, -0.05) is 85.6 Å². The first-order valence-corrected chi connectivity index (χ1v) is 16.0. The van der Waals surface area contributed by atoms with Crippen LogP contribution in [0.25, 0.3) is 0 Å². The second-order valence-corrected chi connectivity index (χ2v) is 13.2. The maximum absolute atomic E-state index is 14.2. The van der Waals surface area contributed by atoms with Crippen molar-refractivity contribution in [3.05, 3.63) is 99.5 Å². The van der Waals surface area contributed by atoms with Crippen molar-refractivity contribution in [3.63, 3.8) is 0 Å². The molecular formula is C31H35Cl2N3O5S. The van der Waals surface area contributed by atoms with Gasteiger partial charge in [0.1, 0.15) is 12.6 Å². The molecule has 0 saturated heterocycles. The molecule has 0 aromatic heterocycles. The Morgan fingerprint density at radius 2 is 1.62 bits per heavy atom. The number of halogens is 2. The summed E-state index contributed by atoms with van der Waals surface area (Å²) in [5.74, 6) is -1.09. The van der Waals surface area contributed by atoms with E-state index in [9.17, 15) is 22.8 Å². The second-order valence-electron chi connectivity index (χ2n) is 10.5. The zero-order chi connectivity index (χ0) is 31.0. The molecule has 0 spiro atoms. The van der Waals surface area contributed by atoms with E-state index in [4.69, 9.17) is 23.2 Å². The van der Waals surface area contributed by atoms with Gasteiger partial charge >= 0.3 is 0 Å². The average molecular weight is 633 g/mol. The Balaban J connectivity index is 2.09. The standard InChI is InChI=1S/C31H35Cl2N3O5S/c1-21(2)18-34-31(39)29(15-23-9-6-5-7-10-23)35(19-25-13-14-26(32)17-28(25)33)30(38)20-36(42(4,40)41)27-12-8-11-24(16-27)22(3)37/h5-14,16-17,21,29H,15,18-20H2,1-4H3,(H,34,39)/t29-/m1/s1. The fourth-order valence-corrected chi connectivity index (χ4v) is 5.61. The normalized spacial score (nSPS) is 12.1. The molecule has 1 N–H and O–H groups in total. The molecule has 0 aliphatic heterocycles. The lowest BCUT2D eigenvalue weighted by Crippen LogP contribution is -2.53. The topological polar surface area (TPSA) is 104 Å². The average Bonchev–Trinajstić information content (AvgIpc) is 2.93. The fraction of sp³-hybridized carbons (Fsp3) is 0.323. The van der Waals surface area contributed by atoms with Crippen molar-refractivity contribution in [3.8, 4) is 0 Å². The molecule has 0 aliphatic rings. The molecule has 3 aromatic rings. The van der Waals surface area contributed by atoms with Gasteiger partial charge in [-0.2, -0.15) is 0 Å². The summed E-state index contributed by atoms with van der Waals surface area (Å²) in [5.41, 5.74) is 1.81. The number of Topliss-reactive ketones (excluding diaryl/α,β-unsaturated/α-hetero) is 1. The lowest BCUT2D eigenvalue weighted by molar-refractivity contribution is -0.140. The highest BCUT2D eigenvalue weighted by atomic mass is 35.5. The molecule has 0 heterocycles. The van der Waals surface area contributed by atoms with Crippen molar-refractivity contribution in [2.45, 2.75) is 39.8 Å². The molecule has 0 unspecified atom stereocenters. The predicted molar refractivity (Wildman–Crippen MR) is 167 cm³/mol. The highest BCUT2D eigenvalue weighted by Gasteiger charge is 2.33. The Morgan fingerprint density at radius 1 is 0.929 bits per heavy atom. The summed E-state index contributed by atoms with van der Waals surface area (Å²) in [6, 6.07) is 19.2. The molecule has 0 radical (unpaired) electrons. The molecule has 42 heavy (non-hydrogen) atoms. The monoisotopic (exact) mass is 631 g/mol. The van der Waals surface area contributed by atoms with Gasteiger partial charge < -0.3 is 10.2 Å². The lowest BCUT2D eigenvalue weighted by atomic mass is 10.0. The number of hydrogen-bond donors (Lipinski definition) is 1. The van der Waals surface area contributed by atoms with Crippen molar-refractivity contribution in [2.75, 3.05) is 23.7 Å². The number of carbonyl (C=O) groups excluding carboxylic acids is 3. The van der Waals surface area contributed by atoms with E-state index in [1.54, 1.807) is 30.3 Å². The van der Waals surface area contributed by atoms with Crippen LogP contribution in [0, 0.1) is 5.92 Å². The van der Waals surface area contributed by atoms with Gasteiger partial charge in [0.05, 0.1) is 11.9 Å². The van der Waals surface area contributed by atoms with Crippen LogP contribution in [0.2, 0.25) is 10.0 Å². The van der Waals surface area contributed by atoms with Gasteiger partial charge in [0.2, 0.25) is 21.8 Å². The number of carbonyl (C=O) groups is 3. The Labute approximate surface area is 257 Å². The number of nitrogens with zero attached hydrogens (tertiary/aromatic N) is 2. The number of hydrogen-bond acceptors (Lipinski definition) is 5. The summed E-state index contributed by atoms with van der Waals surface area (Å²) in [6.07, 6.45) is 1.17. The van der Waals surface area contributed by atoms with E-state index in [-0.39, 0.29) is 36.3 Å². The predicted octanol–water partition coefficient (Wildman–Crippen LogP) is 5.37. The molecule has 8 nitrogen and oxygen atoms in total. The van der Waals surface area contributed by atoms with Gasteiger partial charge in [-0.3, -0.25) is 18.7 Å². The van der Waals surface area contributed by atoms with Crippen LogP contribution in [0.3, 0.4) is 0 Å². The van der Waals surface area contributed by atoms with E-state index in [1.807, 2.05) is 44.2 Å². The van der Waals surface area contributed by atoms with Crippen molar-refractivity contribution in [1.82, 2.24) is 10.2 Å². The highest BCUT2D eigenvalue weighted by Crippen LogP contribution is 2.25. The number of nitrogens with one attached hydrogen (secondary N) is 1. The Morgan fingerprint density at radius 3 is 2.21 bits per heavy atom. The minimum absolute atomic E-state index is 0.0769. The third kappa shape index (κ3) is 9.31. The summed E-state index contributed by atoms with van der Waals surface area (Å²) < 4.78 is 26.8. The van der Waals surface area contributed by atoms with Crippen LogP contribution >= 0.6 is 23.2 Å². The van der Waals surface area contributed by atoms with Crippen molar-refractivity contribution >= 4 is 56.5 Å². The third-order valence-electron chi connectivity index (χ3n) is 6.53. The van der Waals surface area contributed by atoms with Gasteiger partial charge in [0, 0.05) is 35.1 Å². The third-order valence-corrected chi connectivity index (χ3v) is 8.26. The first-order valence-electron chi connectivity index (χ1n) is 13.4. The van der Waals surface area contributed by atoms with Crippen LogP contribution in [0.15, 0.2) is 72.8 Å². The minimum atomic E-state index is -3.97. The van der Waals surface area contributed by atoms with Crippen LogP contribution in [-0.4, -0.2) is 56.3 Å². The van der Waals surface area contributed by atoms with E-state index in [0.29, 0.717) is 27.7 Å².